The van der Waals surface area contributed by atoms with Crippen molar-refractivity contribution in [3.63, 3.8) is 0 Å². The number of rotatable bonds is 7. The van der Waals surface area contributed by atoms with E-state index in [-0.39, 0.29) is 48.4 Å². The van der Waals surface area contributed by atoms with Crippen LogP contribution < -0.4 is 5.32 Å². The summed E-state index contributed by atoms with van der Waals surface area (Å²) >= 11 is 1.65. The molecule has 0 radical (unpaired) electrons. The summed E-state index contributed by atoms with van der Waals surface area (Å²) in [5.74, 6) is -0.335. The van der Waals surface area contributed by atoms with Gasteiger partial charge in [-0.1, -0.05) is 67.3 Å². The standard InChI is InChI=1S/C31H32N6O4S/c1-2-35-19-28(39)36-25(15-21-11-13-24(38)14-12-21)30(40)34(17-23-9-6-10-26-29(23)33-20-42-26)18-27(36)37(35)31(41)32-16-22-7-4-3-5-8-22/h2-14,20,25-27,29,38H,1,15-19H2,(H,32,41). The van der Waals surface area contributed by atoms with E-state index in [1.807, 2.05) is 48.0 Å². The first-order valence-electron chi connectivity index (χ1n) is 13.9. The maximum Gasteiger partial charge on any atom is 0.338 e. The van der Waals surface area contributed by atoms with E-state index < -0.39 is 18.2 Å². The third-order valence-corrected chi connectivity index (χ3v) is 8.94. The summed E-state index contributed by atoms with van der Waals surface area (Å²) < 4.78 is 0. The monoisotopic (exact) mass is 584 g/mol. The van der Waals surface area contributed by atoms with Gasteiger partial charge in [-0.25, -0.2) is 9.80 Å². The Balaban J connectivity index is 1.32. The van der Waals surface area contributed by atoms with Crippen LogP contribution in [0.2, 0.25) is 0 Å². The fourth-order valence-corrected chi connectivity index (χ4v) is 6.82. The first kappa shape index (κ1) is 27.6. The highest BCUT2D eigenvalue weighted by atomic mass is 32.2. The molecule has 2 saturated heterocycles. The number of carbonyl (C=O) groups is 3. The maximum atomic E-state index is 14.1. The molecule has 0 aromatic heterocycles. The van der Waals surface area contributed by atoms with Crippen molar-refractivity contribution in [3.05, 3.63) is 102 Å². The fourth-order valence-electron chi connectivity index (χ4n) is 5.90. The normalized spacial score (nSPS) is 24.8. The molecule has 1 aliphatic carbocycles. The lowest BCUT2D eigenvalue weighted by molar-refractivity contribution is -0.183. The number of benzene rings is 2. The lowest BCUT2D eigenvalue weighted by atomic mass is 9.95. The molecule has 6 rings (SSSR count). The zero-order valence-corrected chi connectivity index (χ0v) is 23.8. The number of carbonyl (C=O) groups excluding carboxylic acids is 3. The van der Waals surface area contributed by atoms with Gasteiger partial charge in [-0.05, 0) is 28.8 Å². The van der Waals surface area contributed by atoms with Crippen molar-refractivity contribution in [2.45, 2.75) is 36.5 Å². The summed E-state index contributed by atoms with van der Waals surface area (Å²) in [5, 5.41) is 16.0. The van der Waals surface area contributed by atoms with Crippen LogP contribution in [-0.4, -0.2) is 91.4 Å². The van der Waals surface area contributed by atoms with Crippen LogP contribution in [0.15, 0.2) is 96.2 Å². The van der Waals surface area contributed by atoms with Gasteiger partial charge in [-0.2, -0.15) is 0 Å². The number of thioether (sulfide) groups is 1. The first-order chi connectivity index (χ1) is 20.4. The highest BCUT2D eigenvalue weighted by Crippen LogP contribution is 2.34. The number of hydrogen-bond donors (Lipinski definition) is 2. The topological polar surface area (TPSA) is 109 Å². The van der Waals surface area contributed by atoms with Gasteiger partial charge in [0.1, 0.15) is 24.5 Å². The van der Waals surface area contributed by atoms with Crippen molar-refractivity contribution in [3.8, 4) is 5.75 Å². The molecular weight excluding hydrogens is 552 g/mol. The smallest absolute Gasteiger partial charge is 0.338 e. The van der Waals surface area contributed by atoms with Gasteiger partial charge in [-0.15, -0.1) is 11.8 Å². The van der Waals surface area contributed by atoms with E-state index in [2.05, 4.69) is 23.0 Å². The van der Waals surface area contributed by atoms with Crippen molar-refractivity contribution in [1.29, 1.82) is 0 Å². The Morgan fingerprint density at radius 1 is 1.12 bits per heavy atom. The summed E-state index contributed by atoms with van der Waals surface area (Å²) in [6, 6.07) is 14.9. The minimum atomic E-state index is -0.839. The van der Waals surface area contributed by atoms with Gasteiger partial charge in [0, 0.05) is 25.7 Å². The van der Waals surface area contributed by atoms with Crippen LogP contribution in [-0.2, 0) is 22.6 Å². The largest absolute Gasteiger partial charge is 0.508 e. The van der Waals surface area contributed by atoms with E-state index in [1.54, 1.807) is 45.8 Å². The number of aliphatic imine (C=N–C) groups is 1. The average molecular weight is 585 g/mol. The molecular formula is C31H32N6O4S. The Kier molecular flexibility index (Phi) is 7.75. The second-order valence-electron chi connectivity index (χ2n) is 10.6. The number of hydrazine groups is 1. The summed E-state index contributed by atoms with van der Waals surface area (Å²) in [6.07, 6.45) is 7.07. The lowest BCUT2D eigenvalue weighted by Crippen LogP contribution is -2.76. The number of hydrogen-bond acceptors (Lipinski definition) is 7. The molecule has 11 heteroatoms. The van der Waals surface area contributed by atoms with Gasteiger partial charge in [0.2, 0.25) is 11.8 Å². The molecule has 10 nitrogen and oxygen atoms in total. The summed E-state index contributed by atoms with van der Waals surface area (Å²) in [6.45, 7) is 4.51. The highest BCUT2D eigenvalue weighted by molar-refractivity contribution is 8.13. The summed E-state index contributed by atoms with van der Waals surface area (Å²) in [5.41, 5.74) is 4.60. The molecule has 0 bridgehead atoms. The van der Waals surface area contributed by atoms with Gasteiger partial charge in [-0.3, -0.25) is 19.6 Å². The number of amides is 4. The quantitative estimate of drug-likeness (QED) is 0.518. The zero-order valence-electron chi connectivity index (χ0n) is 23.0. The van der Waals surface area contributed by atoms with E-state index in [0.717, 1.165) is 16.7 Å². The van der Waals surface area contributed by atoms with Crippen LogP contribution in [0.4, 0.5) is 4.79 Å². The molecule has 0 saturated carbocycles. The predicted molar refractivity (Wildman–Crippen MR) is 161 cm³/mol. The van der Waals surface area contributed by atoms with Crippen LogP contribution in [0.5, 0.6) is 5.75 Å². The molecule has 3 heterocycles. The number of aromatic hydroxyl groups is 1. The third kappa shape index (κ3) is 5.39. The van der Waals surface area contributed by atoms with Gasteiger partial charge in [0.05, 0.1) is 23.4 Å². The second-order valence-corrected chi connectivity index (χ2v) is 11.6. The molecule has 2 aromatic carbocycles. The van der Waals surface area contributed by atoms with Crippen LogP contribution in [0.1, 0.15) is 11.1 Å². The number of nitrogens with one attached hydrogen (secondary N) is 1. The number of phenolic OH excluding ortho intramolecular Hbond substituents is 1. The Morgan fingerprint density at radius 2 is 1.90 bits per heavy atom. The number of urea groups is 1. The molecule has 3 aliphatic heterocycles. The minimum absolute atomic E-state index is 0.0516. The average Bonchev–Trinajstić information content (AvgIpc) is 3.49. The van der Waals surface area contributed by atoms with Crippen molar-refractivity contribution in [2.24, 2.45) is 4.99 Å². The van der Waals surface area contributed by atoms with E-state index in [0.29, 0.717) is 13.1 Å². The number of nitrogens with zero attached hydrogens (tertiary/aromatic N) is 5. The Hall–Kier alpha value is -4.51. The third-order valence-electron chi connectivity index (χ3n) is 7.97. The lowest BCUT2D eigenvalue weighted by Gasteiger charge is -2.55. The van der Waals surface area contributed by atoms with Crippen LogP contribution in [0.3, 0.4) is 0 Å². The van der Waals surface area contributed by atoms with Gasteiger partial charge < -0.3 is 20.2 Å². The number of fused-ring (bicyclic) bond motifs is 2. The van der Waals surface area contributed by atoms with Crippen LogP contribution in [0.25, 0.3) is 0 Å². The molecule has 42 heavy (non-hydrogen) atoms. The molecule has 4 amide bonds. The number of allylic oxidation sites excluding steroid dienone is 2. The van der Waals surface area contributed by atoms with Crippen molar-refractivity contribution in [2.75, 3.05) is 19.6 Å². The molecule has 4 atom stereocenters. The predicted octanol–water partition coefficient (Wildman–Crippen LogP) is 2.89. The minimum Gasteiger partial charge on any atom is -0.508 e. The van der Waals surface area contributed by atoms with Gasteiger partial charge >= 0.3 is 6.03 Å². The van der Waals surface area contributed by atoms with E-state index >= 15 is 0 Å². The molecule has 4 unspecified atom stereocenters. The van der Waals surface area contributed by atoms with Crippen molar-refractivity contribution < 1.29 is 19.5 Å². The summed E-state index contributed by atoms with van der Waals surface area (Å²) in [7, 11) is 0. The first-order valence-corrected chi connectivity index (χ1v) is 14.8. The molecule has 2 N–H and O–H groups in total. The van der Waals surface area contributed by atoms with Crippen LogP contribution in [0, 0.1) is 0 Å². The fraction of sp³-hybridized carbons (Fsp3) is 0.290. The Labute approximate surface area is 248 Å². The Bertz CT molecular complexity index is 1460. The zero-order chi connectivity index (χ0) is 29.2. The SMILES string of the molecule is C=CN1CC(=O)N2C(Cc3ccc(O)cc3)C(=O)N(CC3=CC=CC4SC=NC34)CC2N1C(=O)NCc1ccccc1. The Morgan fingerprint density at radius 3 is 2.67 bits per heavy atom. The molecule has 4 aliphatic rings. The summed E-state index contributed by atoms with van der Waals surface area (Å²) in [4.78, 5) is 49.4. The molecule has 2 fully saturated rings. The van der Waals surface area contributed by atoms with E-state index in [9.17, 15) is 19.5 Å². The van der Waals surface area contributed by atoms with Crippen molar-refractivity contribution >= 4 is 35.2 Å². The highest BCUT2D eigenvalue weighted by Gasteiger charge is 2.51. The maximum absolute atomic E-state index is 14.1. The van der Waals surface area contributed by atoms with E-state index in [1.165, 1.54) is 16.2 Å². The molecule has 2 aromatic rings. The number of phenols is 1. The number of piperazine rings is 1. The molecule has 0 spiro atoms. The molecule has 216 valence electrons. The van der Waals surface area contributed by atoms with E-state index in [4.69, 9.17) is 0 Å². The second kappa shape index (κ2) is 11.8. The van der Waals surface area contributed by atoms with Crippen molar-refractivity contribution in [1.82, 2.24) is 25.1 Å². The van der Waals surface area contributed by atoms with Gasteiger partial charge in [0.15, 0.2) is 0 Å². The van der Waals surface area contributed by atoms with Crippen LogP contribution >= 0.6 is 11.8 Å². The van der Waals surface area contributed by atoms with Gasteiger partial charge in [0.25, 0.3) is 0 Å².